The van der Waals surface area contributed by atoms with E-state index in [0.717, 1.165) is 31.3 Å². The molecule has 0 aromatic heterocycles. The van der Waals surface area contributed by atoms with E-state index < -0.39 is 23.5 Å². The third-order valence-corrected chi connectivity index (χ3v) is 3.60. The molecule has 25 heavy (non-hydrogen) atoms. The van der Waals surface area contributed by atoms with E-state index in [1.807, 2.05) is 0 Å². The van der Waals surface area contributed by atoms with Crippen molar-refractivity contribution in [3.8, 4) is 5.75 Å². The molecule has 1 aliphatic rings. The van der Waals surface area contributed by atoms with Gasteiger partial charge in [0.1, 0.15) is 12.4 Å². The first-order valence-corrected chi connectivity index (χ1v) is 7.72. The number of halogens is 3. The number of nitrogens with zero attached hydrogens (tertiary/aromatic N) is 1. The summed E-state index contributed by atoms with van der Waals surface area (Å²) in [6.07, 6.45) is -4.60. The van der Waals surface area contributed by atoms with Gasteiger partial charge >= 0.3 is 12.1 Å². The number of methoxy groups -OCH3 is 1. The highest BCUT2D eigenvalue weighted by Crippen LogP contribution is 2.36. The maximum atomic E-state index is 13.0. The van der Waals surface area contributed by atoms with Crippen LogP contribution in [0.1, 0.15) is 15.9 Å². The van der Waals surface area contributed by atoms with Crippen LogP contribution in [0.5, 0.6) is 5.75 Å². The van der Waals surface area contributed by atoms with Crippen LogP contribution in [0.3, 0.4) is 0 Å². The van der Waals surface area contributed by atoms with Crippen LogP contribution in [0, 0.1) is 0 Å². The normalized spacial score (nSPS) is 15.8. The van der Waals surface area contributed by atoms with Crippen LogP contribution in [-0.2, 0) is 20.4 Å². The number of benzene rings is 1. The minimum absolute atomic E-state index is 0.0129. The summed E-state index contributed by atoms with van der Waals surface area (Å²) < 4.78 is 58.8. The van der Waals surface area contributed by atoms with Crippen molar-refractivity contribution >= 4 is 5.97 Å². The minimum atomic E-state index is -4.60. The highest BCUT2D eigenvalue weighted by molar-refractivity contribution is 5.90. The summed E-state index contributed by atoms with van der Waals surface area (Å²) in [5.74, 6) is -1.18. The van der Waals surface area contributed by atoms with Crippen molar-refractivity contribution in [2.45, 2.75) is 6.18 Å². The van der Waals surface area contributed by atoms with Crippen molar-refractivity contribution in [1.29, 1.82) is 0 Å². The first-order chi connectivity index (χ1) is 11.9. The zero-order chi connectivity index (χ0) is 18.3. The molecular formula is C16H20F3NO5. The van der Waals surface area contributed by atoms with Crippen molar-refractivity contribution in [2.75, 3.05) is 53.4 Å². The SMILES string of the molecule is COCOc1cc(C(=O)OCCN2CCOCC2)ccc1C(F)(F)F. The van der Waals surface area contributed by atoms with Crippen molar-refractivity contribution in [3.05, 3.63) is 29.3 Å². The molecular weight excluding hydrogens is 343 g/mol. The maximum absolute atomic E-state index is 13.0. The number of rotatable bonds is 7. The smallest absolute Gasteiger partial charge is 0.419 e. The molecule has 0 saturated carbocycles. The first kappa shape index (κ1) is 19.5. The summed E-state index contributed by atoms with van der Waals surface area (Å²) in [6.45, 7) is 3.11. The maximum Gasteiger partial charge on any atom is 0.419 e. The van der Waals surface area contributed by atoms with E-state index in [1.165, 1.54) is 7.11 Å². The summed E-state index contributed by atoms with van der Waals surface area (Å²) >= 11 is 0. The van der Waals surface area contributed by atoms with Gasteiger partial charge in [0.15, 0.2) is 6.79 Å². The lowest BCUT2D eigenvalue weighted by Gasteiger charge is -2.26. The lowest BCUT2D eigenvalue weighted by atomic mass is 10.1. The molecule has 0 spiro atoms. The van der Waals surface area contributed by atoms with E-state index in [9.17, 15) is 18.0 Å². The lowest BCUT2D eigenvalue weighted by Crippen LogP contribution is -2.38. The second-order valence-corrected chi connectivity index (χ2v) is 5.35. The second-order valence-electron chi connectivity index (χ2n) is 5.35. The molecule has 1 aromatic carbocycles. The Labute approximate surface area is 143 Å². The molecule has 1 aromatic rings. The van der Waals surface area contributed by atoms with E-state index in [1.54, 1.807) is 0 Å². The molecule has 1 fully saturated rings. The fourth-order valence-electron chi connectivity index (χ4n) is 2.30. The Kier molecular flexibility index (Phi) is 7.03. The van der Waals surface area contributed by atoms with E-state index in [2.05, 4.69) is 9.64 Å². The number of esters is 1. The van der Waals surface area contributed by atoms with E-state index in [-0.39, 0.29) is 19.0 Å². The molecule has 0 unspecified atom stereocenters. The topological polar surface area (TPSA) is 57.2 Å². The summed E-state index contributed by atoms with van der Waals surface area (Å²) in [6, 6.07) is 2.88. The highest BCUT2D eigenvalue weighted by Gasteiger charge is 2.35. The van der Waals surface area contributed by atoms with E-state index in [0.29, 0.717) is 19.8 Å². The van der Waals surface area contributed by atoms with Gasteiger partial charge in [-0.3, -0.25) is 4.90 Å². The van der Waals surface area contributed by atoms with Crippen LogP contribution in [0.15, 0.2) is 18.2 Å². The zero-order valence-electron chi connectivity index (χ0n) is 13.8. The quantitative estimate of drug-likeness (QED) is 0.547. The Morgan fingerprint density at radius 2 is 2.00 bits per heavy atom. The fraction of sp³-hybridized carbons (Fsp3) is 0.562. The number of carbonyl (C=O) groups excluding carboxylic acids is 1. The predicted molar refractivity (Wildman–Crippen MR) is 81.5 cm³/mol. The van der Waals surface area contributed by atoms with Gasteiger partial charge in [0, 0.05) is 26.7 Å². The third kappa shape index (κ3) is 5.87. The number of alkyl halides is 3. The van der Waals surface area contributed by atoms with Crippen molar-refractivity contribution < 1.29 is 36.9 Å². The molecule has 6 nitrogen and oxygen atoms in total. The predicted octanol–water partition coefficient (Wildman–Crippen LogP) is 2.18. The fourth-order valence-corrected chi connectivity index (χ4v) is 2.30. The van der Waals surface area contributed by atoms with Crippen molar-refractivity contribution in [3.63, 3.8) is 0 Å². The molecule has 1 heterocycles. The third-order valence-electron chi connectivity index (χ3n) is 3.60. The Hall–Kier alpha value is -1.84. The largest absolute Gasteiger partial charge is 0.467 e. The summed E-state index contributed by atoms with van der Waals surface area (Å²) in [4.78, 5) is 14.1. The van der Waals surface area contributed by atoms with Gasteiger partial charge in [-0.05, 0) is 18.2 Å². The molecule has 140 valence electrons. The van der Waals surface area contributed by atoms with Gasteiger partial charge in [-0.15, -0.1) is 0 Å². The van der Waals surface area contributed by atoms with Gasteiger partial charge < -0.3 is 18.9 Å². The summed E-state index contributed by atoms with van der Waals surface area (Å²) in [5.41, 5.74) is -0.990. The lowest BCUT2D eigenvalue weighted by molar-refractivity contribution is -0.139. The minimum Gasteiger partial charge on any atom is -0.467 e. The van der Waals surface area contributed by atoms with Gasteiger partial charge in [-0.1, -0.05) is 0 Å². The number of morpholine rings is 1. The molecule has 9 heteroatoms. The average molecular weight is 363 g/mol. The van der Waals surface area contributed by atoms with Crippen LogP contribution >= 0.6 is 0 Å². The number of ether oxygens (including phenoxy) is 4. The van der Waals surface area contributed by atoms with Gasteiger partial charge in [-0.2, -0.15) is 13.2 Å². The molecule has 0 bridgehead atoms. The van der Waals surface area contributed by atoms with Crippen LogP contribution in [0.4, 0.5) is 13.2 Å². The van der Waals surface area contributed by atoms with Crippen LogP contribution < -0.4 is 4.74 Å². The Bertz CT molecular complexity index is 573. The molecule has 2 rings (SSSR count). The second kappa shape index (κ2) is 9.02. The van der Waals surface area contributed by atoms with Gasteiger partial charge in [0.25, 0.3) is 0 Å². The first-order valence-electron chi connectivity index (χ1n) is 7.72. The standard InChI is InChI=1S/C16H20F3NO5/c1-22-11-25-14-10-12(2-3-13(14)16(17,18)19)15(21)24-9-6-20-4-7-23-8-5-20/h2-3,10H,4-9,11H2,1H3. The van der Waals surface area contributed by atoms with Crippen molar-refractivity contribution in [1.82, 2.24) is 4.90 Å². The summed E-state index contributed by atoms with van der Waals surface area (Å²) in [7, 11) is 1.29. The molecule has 1 saturated heterocycles. The van der Waals surface area contributed by atoms with Crippen molar-refractivity contribution in [2.24, 2.45) is 0 Å². The molecule has 0 atom stereocenters. The number of hydrogen-bond donors (Lipinski definition) is 0. The zero-order valence-corrected chi connectivity index (χ0v) is 13.8. The monoisotopic (exact) mass is 363 g/mol. The van der Waals surface area contributed by atoms with E-state index >= 15 is 0 Å². The molecule has 0 N–H and O–H groups in total. The number of hydrogen-bond acceptors (Lipinski definition) is 6. The molecule has 0 aliphatic carbocycles. The number of carbonyl (C=O) groups is 1. The molecule has 0 amide bonds. The Morgan fingerprint density at radius 1 is 1.28 bits per heavy atom. The summed E-state index contributed by atoms with van der Waals surface area (Å²) in [5, 5.41) is 0. The highest BCUT2D eigenvalue weighted by atomic mass is 19.4. The van der Waals surface area contributed by atoms with E-state index in [4.69, 9.17) is 14.2 Å². The Morgan fingerprint density at radius 3 is 2.64 bits per heavy atom. The Balaban J connectivity index is 1.98. The molecule has 0 radical (unpaired) electrons. The van der Waals surface area contributed by atoms with Gasteiger partial charge in [0.2, 0.25) is 0 Å². The van der Waals surface area contributed by atoms with Gasteiger partial charge in [-0.25, -0.2) is 4.79 Å². The van der Waals surface area contributed by atoms with Gasteiger partial charge in [0.05, 0.1) is 24.3 Å². The van der Waals surface area contributed by atoms with Crippen LogP contribution in [0.2, 0.25) is 0 Å². The van der Waals surface area contributed by atoms with Crippen LogP contribution in [-0.4, -0.2) is 64.2 Å². The van der Waals surface area contributed by atoms with Crippen LogP contribution in [0.25, 0.3) is 0 Å². The molecule has 1 aliphatic heterocycles. The average Bonchev–Trinajstić information content (AvgIpc) is 2.59.